The van der Waals surface area contributed by atoms with Gasteiger partial charge in [0.1, 0.15) is 0 Å². The summed E-state index contributed by atoms with van der Waals surface area (Å²) in [4.78, 5) is 0. The average molecular weight is 477 g/mol. The molecule has 0 N–H and O–H groups in total. The van der Waals surface area contributed by atoms with Gasteiger partial charge in [0.25, 0.3) is 0 Å². The summed E-state index contributed by atoms with van der Waals surface area (Å²) >= 11 is 0. The van der Waals surface area contributed by atoms with E-state index in [0.717, 1.165) is 24.7 Å². The zero-order chi connectivity index (χ0) is 25.9. The Labute approximate surface area is 220 Å². The van der Waals surface area contributed by atoms with Crippen LogP contribution in [0.4, 0.5) is 0 Å². The van der Waals surface area contributed by atoms with Crippen LogP contribution in [-0.4, -0.2) is 0 Å². The number of aryl methyl sites for hydroxylation is 2. The van der Waals surface area contributed by atoms with E-state index in [9.17, 15) is 0 Å². The molecule has 0 spiro atoms. The summed E-state index contributed by atoms with van der Waals surface area (Å²) in [5.41, 5.74) is 11.2. The van der Waals surface area contributed by atoms with E-state index in [1.165, 1.54) is 57.3 Å². The first-order chi connectivity index (χ1) is 17.3. The van der Waals surface area contributed by atoms with Gasteiger partial charge in [-0.25, -0.2) is 0 Å². The topological polar surface area (TPSA) is 0 Å². The van der Waals surface area contributed by atoms with Crippen LogP contribution in [-0.2, 0) is 25.7 Å². The van der Waals surface area contributed by atoms with Gasteiger partial charge in [-0.15, -0.1) is 0 Å². The van der Waals surface area contributed by atoms with Crippen LogP contribution in [0.3, 0.4) is 0 Å². The molecule has 0 heteroatoms. The van der Waals surface area contributed by atoms with Gasteiger partial charge in [-0.1, -0.05) is 136 Å². The minimum absolute atomic E-state index is 0.722. The Hall–Kier alpha value is -3.12. The van der Waals surface area contributed by atoms with E-state index in [0.29, 0.717) is 0 Å². The van der Waals surface area contributed by atoms with Gasteiger partial charge in [0.2, 0.25) is 0 Å². The second kappa shape index (κ2) is 13.8. The molecule has 0 aliphatic carbocycles. The number of hydrogen-bond acceptors (Lipinski definition) is 0. The van der Waals surface area contributed by atoms with E-state index in [-0.39, 0.29) is 0 Å². The first kappa shape index (κ1) is 27.5. The van der Waals surface area contributed by atoms with Gasteiger partial charge in [0.05, 0.1) is 0 Å². The van der Waals surface area contributed by atoms with Gasteiger partial charge in [-0.05, 0) is 84.7 Å². The molecule has 0 aromatic heterocycles. The highest BCUT2D eigenvalue weighted by Crippen LogP contribution is 2.16. The summed E-state index contributed by atoms with van der Waals surface area (Å²) in [5, 5.41) is 0. The summed E-state index contributed by atoms with van der Waals surface area (Å²) in [6.07, 6.45) is 4.41. The van der Waals surface area contributed by atoms with Gasteiger partial charge < -0.3 is 0 Å². The van der Waals surface area contributed by atoms with E-state index in [1.54, 1.807) is 0 Å². The Bertz CT molecular complexity index is 1180. The summed E-state index contributed by atoms with van der Waals surface area (Å²) in [5.74, 6) is 1.45. The molecule has 0 atom stereocenters. The van der Waals surface area contributed by atoms with Crippen molar-refractivity contribution in [3.05, 3.63) is 142 Å². The third-order valence-electron chi connectivity index (χ3n) is 6.32. The van der Waals surface area contributed by atoms with Crippen LogP contribution >= 0.6 is 0 Å². The molecular formula is C36H44. The van der Waals surface area contributed by atoms with Crippen LogP contribution in [0.15, 0.2) is 97.1 Å². The minimum atomic E-state index is 0.722. The molecule has 0 aliphatic heterocycles. The Kier molecular flexibility index (Phi) is 10.6. The molecule has 4 aromatic carbocycles. The van der Waals surface area contributed by atoms with Crippen molar-refractivity contribution in [2.45, 2.75) is 67.2 Å². The fourth-order valence-electron chi connectivity index (χ4n) is 4.60. The highest BCUT2D eigenvalue weighted by molar-refractivity contribution is 5.32. The predicted molar refractivity (Wildman–Crippen MR) is 158 cm³/mol. The molecule has 0 unspecified atom stereocenters. The molecule has 0 amide bonds. The van der Waals surface area contributed by atoms with Crippen LogP contribution < -0.4 is 0 Å². The SMILES string of the molecule is Cc1ccc(Cc2cccc(CC(C)C)c2)cc1.Cc1cccc(Cc2ccc(CC(C)C)cc2)c1. The first-order valence-corrected chi connectivity index (χ1v) is 13.5. The smallest absolute Gasteiger partial charge is 0.00257 e. The van der Waals surface area contributed by atoms with Gasteiger partial charge in [0.15, 0.2) is 0 Å². The lowest BCUT2D eigenvalue weighted by molar-refractivity contribution is 0.647. The maximum absolute atomic E-state index is 2.35. The third kappa shape index (κ3) is 9.86. The molecule has 188 valence electrons. The molecule has 4 rings (SSSR count). The molecule has 0 nitrogen and oxygen atoms in total. The van der Waals surface area contributed by atoms with E-state index in [1.807, 2.05) is 0 Å². The molecule has 0 saturated heterocycles. The summed E-state index contributed by atoms with van der Waals surface area (Å²) in [7, 11) is 0. The summed E-state index contributed by atoms with van der Waals surface area (Å²) in [6, 6.07) is 35.6. The summed E-state index contributed by atoms with van der Waals surface area (Å²) in [6.45, 7) is 13.4. The highest BCUT2D eigenvalue weighted by Gasteiger charge is 2.02. The van der Waals surface area contributed by atoms with Crippen LogP contribution in [0.1, 0.15) is 72.2 Å². The molecule has 0 fully saturated rings. The van der Waals surface area contributed by atoms with Crippen molar-refractivity contribution in [1.82, 2.24) is 0 Å². The lowest BCUT2D eigenvalue weighted by atomic mass is 9.98. The standard InChI is InChI=1S/2C18H22/c1-14(2)11-17-5-4-6-18(13-17)12-16-9-7-15(3)8-10-16;1-14(2)11-16-7-9-17(10-8-16)13-18-6-4-5-15(3)12-18/h4-10,13-14H,11-12H2,1-3H3;4-10,12,14H,11,13H2,1-3H3. The van der Waals surface area contributed by atoms with Crippen LogP contribution in [0.2, 0.25) is 0 Å². The zero-order valence-electron chi connectivity index (χ0n) is 23.2. The Morgan fingerprint density at radius 2 is 0.861 bits per heavy atom. The van der Waals surface area contributed by atoms with Crippen molar-refractivity contribution in [3.63, 3.8) is 0 Å². The fourth-order valence-corrected chi connectivity index (χ4v) is 4.60. The van der Waals surface area contributed by atoms with Crippen molar-refractivity contribution in [3.8, 4) is 0 Å². The Balaban J connectivity index is 0.000000201. The number of benzene rings is 4. The normalized spacial score (nSPS) is 10.9. The van der Waals surface area contributed by atoms with E-state index >= 15 is 0 Å². The zero-order valence-corrected chi connectivity index (χ0v) is 23.2. The van der Waals surface area contributed by atoms with Gasteiger partial charge >= 0.3 is 0 Å². The number of rotatable bonds is 8. The molecule has 0 radical (unpaired) electrons. The third-order valence-corrected chi connectivity index (χ3v) is 6.32. The molecule has 4 aromatic rings. The van der Waals surface area contributed by atoms with Gasteiger partial charge in [-0.3, -0.25) is 0 Å². The molecule has 0 aliphatic rings. The van der Waals surface area contributed by atoms with Crippen LogP contribution in [0.25, 0.3) is 0 Å². The number of hydrogen-bond donors (Lipinski definition) is 0. The van der Waals surface area contributed by atoms with Gasteiger partial charge in [0, 0.05) is 0 Å². The first-order valence-electron chi connectivity index (χ1n) is 13.5. The van der Waals surface area contributed by atoms with E-state index in [4.69, 9.17) is 0 Å². The lowest BCUT2D eigenvalue weighted by Crippen LogP contribution is -1.96. The fraction of sp³-hybridized carbons (Fsp3) is 0.333. The molecule has 0 heterocycles. The molecule has 36 heavy (non-hydrogen) atoms. The van der Waals surface area contributed by atoms with Crippen molar-refractivity contribution in [2.24, 2.45) is 11.8 Å². The van der Waals surface area contributed by atoms with E-state index < -0.39 is 0 Å². The van der Waals surface area contributed by atoms with Crippen molar-refractivity contribution in [1.29, 1.82) is 0 Å². The van der Waals surface area contributed by atoms with Crippen molar-refractivity contribution >= 4 is 0 Å². The quantitative estimate of drug-likeness (QED) is 0.237. The monoisotopic (exact) mass is 476 g/mol. The van der Waals surface area contributed by atoms with E-state index in [2.05, 4.69) is 139 Å². The van der Waals surface area contributed by atoms with Crippen molar-refractivity contribution < 1.29 is 0 Å². The predicted octanol–water partition coefficient (Wildman–Crippen LogP) is 9.57. The second-order valence-corrected chi connectivity index (χ2v) is 11.2. The minimum Gasteiger partial charge on any atom is -0.0625 e. The maximum Gasteiger partial charge on any atom is -0.00257 e. The second-order valence-electron chi connectivity index (χ2n) is 11.2. The lowest BCUT2D eigenvalue weighted by Gasteiger charge is -2.08. The van der Waals surface area contributed by atoms with Crippen LogP contribution in [0, 0.1) is 25.7 Å². The molecule has 0 saturated carbocycles. The highest BCUT2D eigenvalue weighted by atomic mass is 14.1. The largest absolute Gasteiger partial charge is 0.0625 e. The Morgan fingerprint density at radius 1 is 0.417 bits per heavy atom. The average Bonchev–Trinajstić information content (AvgIpc) is 2.82. The molecular weight excluding hydrogens is 432 g/mol. The van der Waals surface area contributed by atoms with Gasteiger partial charge in [-0.2, -0.15) is 0 Å². The summed E-state index contributed by atoms with van der Waals surface area (Å²) < 4.78 is 0. The molecule has 0 bridgehead atoms. The van der Waals surface area contributed by atoms with Crippen LogP contribution in [0.5, 0.6) is 0 Å². The maximum atomic E-state index is 2.35. The Morgan fingerprint density at radius 3 is 1.42 bits per heavy atom. The van der Waals surface area contributed by atoms with Crippen molar-refractivity contribution in [2.75, 3.05) is 0 Å².